The maximum Gasteiger partial charge on any atom is 0.251 e. The Bertz CT molecular complexity index is 1030. The second kappa shape index (κ2) is 7.02. The Morgan fingerprint density at radius 1 is 1.12 bits per heavy atom. The Labute approximate surface area is 149 Å². The molecular weight excluding hydrogens is 356 g/mol. The Morgan fingerprint density at radius 3 is 2.31 bits per heavy atom. The van der Waals surface area contributed by atoms with Crippen molar-refractivity contribution >= 4 is 15.9 Å². The molecule has 0 fully saturated rings. The van der Waals surface area contributed by atoms with Gasteiger partial charge in [0.1, 0.15) is 0 Å². The lowest BCUT2D eigenvalue weighted by Crippen LogP contribution is -2.22. The van der Waals surface area contributed by atoms with Crippen molar-refractivity contribution in [2.75, 3.05) is 0 Å². The third kappa shape index (κ3) is 3.92. The summed E-state index contributed by atoms with van der Waals surface area (Å²) in [6.07, 6.45) is 0. The summed E-state index contributed by atoms with van der Waals surface area (Å²) in [6, 6.07) is 12.9. The number of nitrogens with two attached hydrogens (primary N) is 1. The highest BCUT2D eigenvalue weighted by atomic mass is 32.2. The molecule has 0 saturated carbocycles. The van der Waals surface area contributed by atoms with Crippen LogP contribution in [0.1, 0.15) is 21.7 Å². The lowest BCUT2D eigenvalue weighted by atomic mass is 10.1. The number of primary sulfonamides is 1. The van der Waals surface area contributed by atoms with Crippen LogP contribution in [0.15, 0.2) is 53.4 Å². The van der Waals surface area contributed by atoms with E-state index in [1.807, 2.05) is 0 Å². The van der Waals surface area contributed by atoms with E-state index in [1.54, 1.807) is 48.0 Å². The third-order valence-corrected chi connectivity index (χ3v) is 4.63. The number of benzene rings is 2. The zero-order valence-corrected chi connectivity index (χ0v) is 14.6. The predicted molar refractivity (Wildman–Crippen MR) is 92.9 cm³/mol. The normalized spacial score (nSPS) is 11.3. The van der Waals surface area contributed by atoms with Crippen LogP contribution in [0.3, 0.4) is 0 Å². The van der Waals surface area contributed by atoms with E-state index in [0.29, 0.717) is 11.4 Å². The van der Waals surface area contributed by atoms with Gasteiger partial charge in [0.2, 0.25) is 10.0 Å². The number of carbonyl (C=O) groups is 1. The van der Waals surface area contributed by atoms with E-state index < -0.39 is 10.0 Å². The maximum absolute atomic E-state index is 12.2. The number of hydrogen-bond donors (Lipinski definition) is 2. The Balaban J connectivity index is 1.64. The molecule has 10 heteroatoms. The van der Waals surface area contributed by atoms with E-state index in [1.165, 1.54) is 12.1 Å². The molecule has 2 aromatic carbocycles. The molecule has 9 nitrogen and oxygen atoms in total. The average Bonchev–Trinajstić information content (AvgIpc) is 3.05. The van der Waals surface area contributed by atoms with Gasteiger partial charge in [0.15, 0.2) is 5.82 Å². The standard InChI is InChI=1S/C16H16N6O3S/c1-11-19-20-21-22(11)14-6-4-13(5-7-14)16(23)18-10-12-2-8-15(9-3-12)26(17,24)25/h2-9H,10H2,1H3,(H,18,23)(H2,17,24,25). The van der Waals surface area contributed by atoms with Crippen LogP contribution in [0.25, 0.3) is 5.69 Å². The first-order valence-corrected chi connectivity index (χ1v) is 9.14. The van der Waals surface area contributed by atoms with E-state index in [2.05, 4.69) is 20.8 Å². The minimum atomic E-state index is -3.72. The first-order valence-electron chi connectivity index (χ1n) is 7.60. The molecule has 3 aromatic rings. The lowest BCUT2D eigenvalue weighted by molar-refractivity contribution is 0.0951. The topological polar surface area (TPSA) is 133 Å². The van der Waals surface area contributed by atoms with Crippen LogP contribution in [0, 0.1) is 6.92 Å². The predicted octanol–water partition coefficient (Wildman–Crippen LogP) is 0.548. The van der Waals surface area contributed by atoms with E-state index >= 15 is 0 Å². The second-order valence-corrected chi connectivity index (χ2v) is 7.12. The van der Waals surface area contributed by atoms with Gasteiger partial charge in [-0.3, -0.25) is 4.79 Å². The molecule has 0 bridgehead atoms. The molecule has 1 amide bonds. The van der Waals surface area contributed by atoms with Crippen molar-refractivity contribution < 1.29 is 13.2 Å². The second-order valence-electron chi connectivity index (χ2n) is 5.56. The zero-order chi connectivity index (χ0) is 18.7. The van der Waals surface area contributed by atoms with Crippen LogP contribution in [0.5, 0.6) is 0 Å². The monoisotopic (exact) mass is 372 g/mol. The van der Waals surface area contributed by atoms with Gasteiger partial charge in [-0.25, -0.2) is 13.6 Å². The van der Waals surface area contributed by atoms with Gasteiger partial charge in [-0.1, -0.05) is 12.1 Å². The van der Waals surface area contributed by atoms with Gasteiger partial charge in [-0.05, 0) is 59.3 Å². The number of tetrazole rings is 1. The van der Waals surface area contributed by atoms with Crippen LogP contribution in [-0.2, 0) is 16.6 Å². The highest BCUT2D eigenvalue weighted by molar-refractivity contribution is 7.89. The number of aromatic nitrogens is 4. The van der Waals surface area contributed by atoms with Crippen LogP contribution in [-0.4, -0.2) is 34.5 Å². The molecule has 0 saturated heterocycles. The number of hydrogen-bond acceptors (Lipinski definition) is 6. The minimum Gasteiger partial charge on any atom is -0.348 e. The summed E-state index contributed by atoms with van der Waals surface area (Å²) < 4.78 is 24.0. The number of rotatable bonds is 5. The SMILES string of the molecule is Cc1nnnn1-c1ccc(C(=O)NCc2ccc(S(N)(=O)=O)cc2)cc1. The quantitative estimate of drug-likeness (QED) is 0.672. The van der Waals surface area contributed by atoms with E-state index in [0.717, 1.165) is 11.3 Å². The Kier molecular flexibility index (Phi) is 4.78. The van der Waals surface area contributed by atoms with Gasteiger partial charge in [-0.15, -0.1) is 5.10 Å². The molecular formula is C16H16N6O3S. The van der Waals surface area contributed by atoms with Crippen molar-refractivity contribution in [1.82, 2.24) is 25.5 Å². The fourth-order valence-electron chi connectivity index (χ4n) is 2.31. The number of sulfonamides is 1. The molecule has 0 radical (unpaired) electrons. The molecule has 1 heterocycles. The first-order chi connectivity index (χ1) is 12.3. The van der Waals surface area contributed by atoms with E-state index in [4.69, 9.17) is 5.14 Å². The molecule has 3 rings (SSSR count). The zero-order valence-electron chi connectivity index (χ0n) is 13.8. The largest absolute Gasteiger partial charge is 0.348 e. The molecule has 0 aliphatic rings. The Hall–Kier alpha value is -3.11. The molecule has 0 spiro atoms. The van der Waals surface area contributed by atoms with Crippen molar-refractivity contribution in [3.05, 3.63) is 65.5 Å². The molecule has 1 aromatic heterocycles. The summed E-state index contributed by atoms with van der Waals surface area (Å²) in [5.74, 6) is 0.394. The number of amides is 1. The molecule has 3 N–H and O–H groups in total. The fourth-order valence-corrected chi connectivity index (χ4v) is 2.82. The van der Waals surface area contributed by atoms with Gasteiger partial charge in [0, 0.05) is 12.1 Å². The summed E-state index contributed by atoms with van der Waals surface area (Å²) in [7, 11) is -3.72. The number of carbonyl (C=O) groups excluding carboxylic acids is 1. The smallest absolute Gasteiger partial charge is 0.251 e. The molecule has 0 atom stereocenters. The van der Waals surface area contributed by atoms with Gasteiger partial charge in [-0.2, -0.15) is 4.68 Å². The van der Waals surface area contributed by atoms with Crippen molar-refractivity contribution in [2.45, 2.75) is 18.4 Å². The van der Waals surface area contributed by atoms with Gasteiger partial charge in [0.25, 0.3) is 5.91 Å². The van der Waals surface area contributed by atoms with Crippen molar-refractivity contribution in [1.29, 1.82) is 0 Å². The fraction of sp³-hybridized carbons (Fsp3) is 0.125. The van der Waals surface area contributed by atoms with E-state index in [-0.39, 0.29) is 17.3 Å². The third-order valence-electron chi connectivity index (χ3n) is 3.70. The van der Waals surface area contributed by atoms with Crippen LogP contribution < -0.4 is 10.5 Å². The minimum absolute atomic E-state index is 0.0288. The van der Waals surface area contributed by atoms with Gasteiger partial charge >= 0.3 is 0 Å². The first kappa shape index (κ1) is 17.7. The Morgan fingerprint density at radius 2 is 1.77 bits per heavy atom. The van der Waals surface area contributed by atoms with E-state index in [9.17, 15) is 13.2 Å². The lowest BCUT2D eigenvalue weighted by Gasteiger charge is -2.07. The average molecular weight is 372 g/mol. The van der Waals surface area contributed by atoms with Crippen LogP contribution >= 0.6 is 0 Å². The summed E-state index contributed by atoms with van der Waals surface area (Å²) in [4.78, 5) is 12.3. The summed E-state index contributed by atoms with van der Waals surface area (Å²) in [6.45, 7) is 2.04. The highest BCUT2D eigenvalue weighted by Crippen LogP contribution is 2.11. The number of nitrogens with zero attached hydrogens (tertiary/aromatic N) is 4. The molecule has 0 aliphatic carbocycles. The molecule has 26 heavy (non-hydrogen) atoms. The van der Waals surface area contributed by atoms with Gasteiger partial charge in [0.05, 0.1) is 10.6 Å². The molecule has 0 unspecified atom stereocenters. The maximum atomic E-state index is 12.2. The summed E-state index contributed by atoms with van der Waals surface area (Å²) in [5, 5.41) is 19.1. The van der Waals surface area contributed by atoms with Gasteiger partial charge < -0.3 is 5.32 Å². The number of nitrogens with one attached hydrogen (secondary N) is 1. The summed E-state index contributed by atoms with van der Waals surface area (Å²) in [5.41, 5.74) is 2.00. The number of aryl methyl sites for hydroxylation is 1. The van der Waals surface area contributed by atoms with Crippen molar-refractivity contribution in [3.8, 4) is 5.69 Å². The highest BCUT2D eigenvalue weighted by Gasteiger charge is 2.09. The van der Waals surface area contributed by atoms with Crippen molar-refractivity contribution in [3.63, 3.8) is 0 Å². The summed E-state index contributed by atoms with van der Waals surface area (Å²) >= 11 is 0. The van der Waals surface area contributed by atoms with Crippen LogP contribution in [0.4, 0.5) is 0 Å². The molecule has 134 valence electrons. The van der Waals surface area contributed by atoms with Crippen molar-refractivity contribution in [2.24, 2.45) is 5.14 Å². The molecule has 0 aliphatic heterocycles. The van der Waals surface area contributed by atoms with Crippen LogP contribution in [0.2, 0.25) is 0 Å².